The van der Waals surface area contributed by atoms with Crippen LogP contribution in [-0.2, 0) is 11.3 Å². The first-order valence-electron chi connectivity index (χ1n) is 6.57. The standard InChI is InChI=1S/C13H21N3OS.2ClH/c1-16(8-12-9-18-10-15-12)13(17)3-2-11-4-6-14-7-5-11;;/h9-11,14H,2-8H2,1H3;2*1H. The molecule has 116 valence electrons. The lowest BCUT2D eigenvalue weighted by molar-refractivity contribution is -0.130. The van der Waals surface area contributed by atoms with Gasteiger partial charge in [-0.15, -0.1) is 36.2 Å². The van der Waals surface area contributed by atoms with Gasteiger partial charge in [0, 0.05) is 18.8 Å². The van der Waals surface area contributed by atoms with E-state index in [1.54, 1.807) is 16.2 Å². The van der Waals surface area contributed by atoms with Crippen molar-refractivity contribution in [3.05, 3.63) is 16.6 Å². The van der Waals surface area contributed by atoms with Crippen molar-refractivity contribution >= 4 is 42.1 Å². The van der Waals surface area contributed by atoms with Gasteiger partial charge in [-0.3, -0.25) is 4.79 Å². The maximum absolute atomic E-state index is 12.0. The number of hydrogen-bond acceptors (Lipinski definition) is 4. The van der Waals surface area contributed by atoms with Gasteiger partial charge in [-0.05, 0) is 38.3 Å². The van der Waals surface area contributed by atoms with Crippen molar-refractivity contribution in [2.45, 2.75) is 32.2 Å². The van der Waals surface area contributed by atoms with Gasteiger partial charge in [0.25, 0.3) is 0 Å². The maximum Gasteiger partial charge on any atom is 0.222 e. The summed E-state index contributed by atoms with van der Waals surface area (Å²) < 4.78 is 0. The molecule has 0 aromatic carbocycles. The minimum Gasteiger partial charge on any atom is -0.340 e. The predicted molar refractivity (Wildman–Crippen MR) is 87.9 cm³/mol. The lowest BCUT2D eigenvalue weighted by Gasteiger charge is -2.23. The number of piperidine rings is 1. The Labute approximate surface area is 137 Å². The van der Waals surface area contributed by atoms with Crippen LogP contribution in [0, 0.1) is 5.92 Å². The fraction of sp³-hybridized carbons (Fsp3) is 0.692. The van der Waals surface area contributed by atoms with Crippen LogP contribution >= 0.6 is 36.2 Å². The van der Waals surface area contributed by atoms with E-state index in [0.717, 1.165) is 31.1 Å². The van der Waals surface area contributed by atoms with Crippen molar-refractivity contribution in [1.82, 2.24) is 15.2 Å². The Balaban J connectivity index is 0.00000180. The van der Waals surface area contributed by atoms with Crippen LogP contribution in [0.1, 0.15) is 31.4 Å². The molecule has 1 amide bonds. The number of nitrogens with one attached hydrogen (secondary N) is 1. The second-order valence-corrected chi connectivity index (χ2v) is 5.68. The molecule has 1 aromatic rings. The van der Waals surface area contributed by atoms with Crippen molar-refractivity contribution in [3.63, 3.8) is 0 Å². The third-order valence-electron chi connectivity index (χ3n) is 3.53. The first-order chi connectivity index (χ1) is 8.75. The van der Waals surface area contributed by atoms with Crippen LogP contribution in [0.5, 0.6) is 0 Å². The first kappa shape index (κ1) is 19.6. The van der Waals surface area contributed by atoms with Gasteiger partial charge in [0.05, 0.1) is 17.7 Å². The van der Waals surface area contributed by atoms with Crippen LogP contribution in [-0.4, -0.2) is 35.9 Å². The third-order valence-corrected chi connectivity index (χ3v) is 4.17. The summed E-state index contributed by atoms with van der Waals surface area (Å²) in [6, 6.07) is 0. The Morgan fingerprint density at radius 3 is 2.75 bits per heavy atom. The predicted octanol–water partition coefficient (Wildman–Crippen LogP) is 2.72. The molecule has 1 N–H and O–H groups in total. The van der Waals surface area contributed by atoms with E-state index in [0.29, 0.717) is 13.0 Å². The summed E-state index contributed by atoms with van der Waals surface area (Å²) in [6.45, 7) is 2.84. The number of nitrogens with zero attached hydrogens (tertiary/aromatic N) is 2. The average molecular weight is 340 g/mol. The highest BCUT2D eigenvalue weighted by Gasteiger charge is 2.16. The minimum atomic E-state index is 0. The van der Waals surface area contributed by atoms with E-state index >= 15 is 0 Å². The number of thiazole rings is 1. The van der Waals surface area contributed by atoms with Gasteiger partial charge in [0.15, 0.2) is 0 Å². The molecule has 1 aliphatic rings. The number of aromatic nitrogens is 1. The fourth-order valence-corrected chi connectivity index (χ4v) is 2.89. The number of carbonyl (C=O) groups is 1. The van der Waals surface area contributed by atoms with Crippen LogP contribution in [0.25, 0.3) is 0 Å². The van der Waals surface area contributed by atoms with E-state index in [1.807, 2.05) is 17.9 Å². The van der Waals surface area contributed by atoms with E-state index in [-0.39, 0.29) is 30.7 Å². The van der Waals surface area contributed by atoms with E-state index in [1.165, 1.54) is 12.8 Å². The molecule has 2 heterocycles. The largest absolute Gasteiger partial charge is 0.340 e. The van der Waals surface area contributed by atoms with Crippen molar-refractivity contribution in [2.75, 3.05) is 20.1 Å². The summed E-state index contributed by atoms with van der Waals surface area (Å²) in [5.74, 6) is 0.962. The Hall–Kier alpha value is -0.360. The summed E-state index contributed by atoms with van der Waals surface area (Å²) in [5.41, 5.74) is 2.79. The van der Waals surface area contributed by atoms with Crippen LogP contribution in [0.4, 0.5) is 0 Å². The molecule has 7 heteroatoms. The van der Waals surface area contributed by atoms with Crippen LogP contribution in [0.2, 0.25) is 0 Å². The van der Waals surface area contributed by atoms with E-state index in [2.05, 4.69) is 10.3 Å². The van der Waals surface area contributed by atoms with Gasteiger partial charge >= 0.3 is 0 Å². The number of amides is 1. The molecule has 0 bridgehead atoms. The van der Waals surface area contributed by atoms with Gasteiger partial charge in [-0.1, -0.05) is 0 Å². The molecular weight excluding hydrogens is 317 g/mol. The molecule has 4 nitrogen and oxygen atoms in total. The maximum atomic E-state index is 12.0. The van der Waals surface area contributed by atoms with Gasteiger partial charge in [-0.25, -0.2) is 4.98 Å². The highest BCUT2D eigenvalue weighted by Crippen LogP contribution is 2.18. The zero-order valence-electron chi connectivity index (χ0n) is 11.7. The molecule has 20 heavy (non-hydrogen) atoms. The zero-order chi connectivity index (χ0) is 12.8. The molecule has 0 atom stereocenters. The Morgan fingerprint density at radius 1 is 1.45 bits per heavy atom. The zero-order valence-corrected chi connectivity index (χ0v) is 14.2. The molecule has 0 spiro atoms. The van der Waals surface area contributed by atoms with E-state index in [4.69, 9.17) is 0 Å². The van der Waals surface area contributed by atoms with Crippen molar-refractivity contribution < 1.29 is 4.79 Å². The summed E-state index contributed by atoms with van der Waals surface area (Å²) in [7, 11) is 1.87. The van der Waals surface area contributed by atoms with Gasteiger partial charge in [0.1, 0.15) is 0 Å². The normalized spacial score (nSPS) is 15.1. The van der Waals surface area contributed by atoms with Crippen LogP contribution < -0.4 is 5.32 Å². The molecule has 1 saturated heterocycles. The summed E-state index contributed by atoms with van der Waals surface area (Å²) >= 11 is 1.57. The fourth-order valence-electron chi connectivity index (χ4n) is 2.34. The number of rotatable bonds is 5. The molecule has 1 fully saturated rings. The Kier molecular flexibility index (Phi) is 10.2. The molecule has 1 aromatic heterocycles. The summed E-state index contributed by atoms with van der Waals surface area (Å²) in [4.78, 5) is 18.0. The molecule has 0 unspecified atom stereocenters. The van der Waals surface area contributed by atoms with Gasteiger partial charge in [-0.2, -0.15) is 0 Å². The van der Waals surface area contributed by atoms with Crippen molar-refractivity contribution in [3.8, 4) is 0 Å². The molecule has 1 aliphatic heterocycles. The Bertz CT molecular complexity index is 370. The summed E-state index contributed by atoms with van der Waals surface area (Å²) in [6.07, 6.45) is 4.12. The highest BCUT2D eigenvalue weighted by atomic mass is 35.5. The quantitative estimate of drug-likeness (QED) is 0.896. The number of hydrogen-bond donors (Lipinski definition) is 1. The van der Waals surface area contributed by atoms with Crippen molar-refractivity contribution in [2.24, 2.45) is 5.92 Å². The monoisotopic (exact) mass is 339 g/mol. The van der Waals surface area contributed by atoms with Crippen LogP contribution in [0.15, 0.2) is 10.9 Å². The molecule has 0 aliphatic carbocycles. The summed E-state index contributed by atoms with van der Waals surface area (Å²) in [5, 5.41) is 5.35. The lowest BCUT2D eigenvalue weighted by Crippen LogP contribution is -2.30. The molecule has 2 rings (SSSR count). The second kappa shape index (κ2) is 10.4. The van der Waals surface area contributed by atoms with Gasteiger partial charge < -0.3 is 10.2 Å². The highest BCUT2D eigenvalue weighted by molar-refractivity contribution is 7.07. The first-order valence-corrected chi connectivity index (χ1v) is 7.51. The molecule has 0 saturated carbocycles. The smallest absolute Gasteiger partial charge is 0.222 e. The van der Waals surface area contributed by atoms with E-state index < -0.39 is 0 Å². The number of halogens is 2. The van der Waals surface area contributed by atoms with E-state index in [9.17, 15) is 4.79 Å². The molecular formula is C13H23Cl2N3OS. The van der Waals surface area contributed by atoms with Crippen molar-refractivity contribution in [1.29, 1.82) is 0 Å². The number of carbonyl (C=O) groups excluding carboxylic acids is 1. The van der Waals surface area contributed by atoms with Crippen LogP contribution in [0.3, 0.4) is 0 Å². The van der Waals surface area contributed by atoms with Gasteiger partial charge in [0.2, 0.25) is 5.91 Å². The third kappa shape index (κ3) is 6.39. The lowest BCUT2D eigenvalue weighted by atomic mass is 9.93. The Morgan fingerprint density at radius 2 is 2.15 bits per heavy atom. The SMILES string of the molecule is CN(Cc1cscn1)C(=O)CCC1CCNCC1.Cl.Cl. The topological polar surface area (TPSA) is 45.2 Å². The average Bonchev–Trinajstić information content (AvgIpc) is 2.90. The minimum absolute atomic E-state index is 0. The molecule has 0 radical (unpaired) electrons. The second-order valence-electron chi connectivity index (χ2n) is 4.96.